The SMILES string of the molecule is [CH2]C1(C(=O)OCC)CC1. The van der Waals surface area contributed by atoms with Gasteiger partial charge >= 0.3 is 5.97 Å². The van der Waals surface area contributed by atoms with Crippen molar-refractivity contribution in [3.8, 4) is 0 Å². The van der Waals surface area contributed by atoms with Crippen LogP contribution in [0.1, 0.15) is 19.8 Å². The van der Waals surface area contributed by atoms with E-state index >= 15 is 0 Å². The third kappa shape index (κ3) is 1.23. The molecule has 2 heteroatoms. The summed E-state index contributed by atoms with van der Waals surface area (Å²) >= 11 is 0. The molecule has 0 heterocycles. The Bertz CT molecular complexity index is 125. The van der Waals surface area contributed by atoms with Crippen LogP contribution in [0.15, 0.2) is 0 Å². The van der Waals surface area contributed by atoms with Crippen molar-refractivity contribution >= 4 is 5.97 Å². The van der Waals surface area contributed by atoms with Gasteiger partial charge in [0.2, 0.25) is 0 Å². The number of hydrogen-bond acceptors (Lipinski definition) is 2. The molecule has 0 aromatic heterocycles. The summed E-state index contributed by atoms with van der Waals surface area (Å²) < 4.78 is 4.77. The average molecular weight is 127 g/mol. The van der Waals surface area contributed by atoms with E-state index < -0.39 is 0 Å². The first-order valence-electron chi connectivity index (χ1n) is 3.21. The van der Waals surface area contributed by atoms with E-state index in [9.17, 15) is 4.79 Å². The fourth-order valence-corrected chi connectivity index (χ4v) is 0.639. The van der Waals surface area contributed by atoms with Gasteiger partial charge in [0, 0.05) is 0 Å². The largest absolute Gasteiger partial charge is 0.466 e. The van der Waals surface area contributed by atoms with Gasteiger partial charge < -0.3 is 4.74 Å². The van der Waals surface area contributed by atoms with Gasteiger partial charge in [-0.05, 0) is 26.7 Å². The summed E-state index contributed by atoms with van der Waals surface area (Å²) in [4.78, 5) is 10.8. The molecule has 0 bridgehead atoms. The lowest BCUT2D eigenvalue weighted by Crippen LogP contribution is -2.15. The van der Waals surface area contributed by atoms with E-state index in [1.165, 1.54) is 0 Å². The van der Waals surface area contributed by atoms with Gasteiger partial charge in [-0.15, -0.1) is 0 Å². The number of ether oxygens (including phenoxy) is 1. The molecule has 0 N–H and O–H groups in total. The second kappa shape index (κ2) is 2.01. The smallest absolute Gasteiger partial charge is 0.312 e. The summed E-state index contributed by atoms with van der Waals surface area (Å²) in [6, 6.07) is 0. The van der Waals surface area contributed by atoms with Crippen LogP contribution >= 0.6 is 0 Å². The molecule has 2 nitrogen and oxygen atoms in total. The first-order chi connectivity index (χ1) is 4.19. The molecule has 0 aromatic carbocycles. The monoisotopic (exact) mass is 127 g/mol. The molecule has 1 saturated carbocycles. The van der Waals surface area contributed by atoms with E-state index in [1.54, 1.807) is 0 Å². The van der Waals surface area contributed by atoms with E-state index in [4.69, 9.17) is 4.74 Å². The number of esters is 1. The Kier molecular flexibility index (Phi) is 1.47. The molecular weight excluding hydrogens is 116 g/mol. The molecule has 0 aliphatic heterocycles. The van der Waals surface area contributed by atoms with Gasteiger partial charge in [0.25, 0.3) is 0 Å². The normalized spacial score (nSPS) is 21.1. The van der Waals surface area contributed by atoms with Crippen LogP contribution in [0.25, 0.3) is 0 Å². The van der Waals surface area contributed by atoms with Gasteiger partial charge in [-0.1, -0.05) is 0 Å². The average Bonchev–Trinajstić information content (AvgIpc) is 2.50. The summed E-state index contributed by atoms with van der Waals surface area (Å²) in [5.74, 6) is -0.134. The van der Waals surface area contributed by atoms with Crippen LogP contribution in [0.2, 0.25) is 0 Å². The summed E-state index contributed by atoms with van der Waals surface area (Å²) in [5, 5.41) is 0. The standard InChI is InChI=1S/C7H11O2/c1-3-9-6(8)7(2)4-5-7/h2-5H2,1H3. The van der Waals surface area contributed by atoms with Crippen molar-refractivity contribution in [1.82, 2.24) is 0 Å². The quantitative estimate of drug-likeness (QED) is 0.520. The molecule has 0 spiro atoms. The molecule has 0 atom stereocenters. The maximum absolute atomic E-state index is 10.8. The van der Waals surface area contributed by atoms with Gasteiger partial charge in [0.05, 0.1) is 12.0 Å². The molecule has 0 amide bonds. The molecule has 51 valence electrons. The number of carbonyl (C=O) groups is 1. The minimum absolute atomic E-state index is 0.134. The summed E-state index contributed by atoms with van der Waals surface area (Å²) in [6.07, 6.45) is 1.79. The molecule has 1 fully saturated rings. The van der Waals surface area contributed by atoms with Crippen LogP contribution in [0.4, 0.5) is 0 Å². The van der Waals surface area contributed by atoms with Crippen LogP contribution < -0.4 is 0 Å². The lowest BCUT2D eigenvalue weighted by molar-refractivity contribution is -0.147. The second-order valence-electron chi connectivity index (χ2n) is 2.50. The van der Waals surface area contributed by atoms with E-state index in [-0.39, 0.29) is 11.4 Å². The Morgan fingerprint density at radius 3 is 2.67 bits per heavy atom. The lowest BCUT2D eigenvalue weighted by Gasteiger charge is -2.05. The molecule has 1 aliphatic rings. The van der Waals surface area contributed by atoms with E-state index in [1.807, 2.05) is 6.92 Å². The third-order valence-corrected chi connectivity index (χ3v) is 1.56. The van der Waals surface area contributed by atoms with Crippen molar-refractivity contribution in [2.45, 2.75) is 19.8 Å². The number of rotatable bonds is 2. The van der Waals surface area contributed by atoms with Crippen molar-refractivity contribution in [2.75, 3.05) is 6.61 Å². The van der Waals surface area contributed by atoms with E-state index in [0.717, 1.165) is 12.8 Å². The zero-order chi connectivity index (χ0) is 6.91. The van der Waals surface area contributed by atoms with Crippen molar-refractivity contribution < 1.29 is 9.53 Å². The number of hydrogen-bond donors (Lipinski definition) is 0. The molecule has 9 heavy (non-hydrogen) atoms. The fourth-order valence-electron chi connectivity index (χ4n) is 0.639. The second-order valence-corrected chi connectivity index (χ2v) is 2.50. The maximum Gasteiger partial charge on any atom is 0.312 e. The lowest BCUT2D eigenvalue weighted by atomic mass is 10.1. The maximum atomic E-state index is 10.8. The summed E-state index contributed by atoms with van der Waals surface area (Å²) in [7, 11) is 0. The minimum atomic E-state index is -0.351. The first kappa shape index (κ1) is 6.59. The van der Waals surface area contributed by atoms with Gasteiger partial charge in [-0.25, -0.2) is 0 Å². The molecule has 0 saturated heterocycles. The third-order valence-electron chi connectivity index (χ3n) is 1.56. The van der Waals surface area contributed by atoms with Gasteiger partial charge in [0.15, 0.2) is 0 Å². The van der Waals surface area contributed by atoms with Crippen molar-refractivity contribution in [1.29, 1.82) is 0 Å². The highest BCUT2D eigenvalue weighted by molar-refractivity contribution is 5.80. The minimum Gasteiger partial charge on any atom is -0.466 e. The molecule has 1 rings (SSSR count). The van der Waals surface area contributed by atoms with Crippen LogP contribution in [-0.2, 0) is 9.53 Å². The Hall–Kier alpha value is -0.530. The number of carbonyl (C=O) groups excluding carboxylic acids is 1. The summed E-state index contributed by atoms with van der Waals surface area (Å²) in [6.45, 7) is 6.00. The highest BCUT2D eigenvalue weighted by Gasteiger charge is 2.46. The van der Waals surface area contributed by atoms with Crippen LogP contribution in [0.3, 0.4) is 0 Å². The molecule has 1 aliphatic carbocycles. The Balaban J connectivity index is 2.34. The fraction of sp³-hybridized carbons (Fsp3) is 0.714. The van der Waals surface area contributed by atoms with E-state index in [0.29, 0.717) is 6.61 Å². The van der Waals surface area contributed by atoms with Gasteiger partial charge in [0.1, 0.15) is 0 Å². The first-order valence-corrected chi connectivity index (χ1v) is 3.21. The zero-order valence-corrected chi connectivity index (χ0v) is 5.64. The molecule has 0 unspecified atom stereocenters. The van der Waals surface area contributed by atoms with E-state index in [2.05, 4.69) is 6.92 Å². The van der Waals surface area contributed by atoms with Crippen molar-refractivity contribution in [3.05, 3.63) is 6.92 Å². The Morgan fingerprint density at radius 1 is 1.78 bits per heavy atom. The topological polar surface area (TPSA) is 26.3 Å². The van der Waals surface area contributed by atoms with Crippen molar-refractivity contribution in [2.24, 2.45) is 5.41 Å². The zero-order valence-electron chi connectivity index (χ0n) is 5.64. The predicted molar refractivity (Wildman–Crippen MR) is 33.7 cm³/mol. The highest BCUT2D eigenvalue weighted by atomic mass is 16.5. The predicted octanol–water partition coefficient (Wildman–Crippen LogP) is 1.16. The van der Waals surface area contributed by atoms with Gasteiger partial charge in [-0.3, -0.25) is 4.79 Å². The van der Waals surface area contributed by atoms with Gasteiger partial charge in [-0.2, -0.15) is 0 Å². The Labute approximate surface area is 55.2 Å². The van der Waals surface area contributed by atoms with Crippen LogP contribution in [0.5, 0.6) is 0 Å². The highest BCUT2D eigenvalue weighted by Crippen LogP contribution is 2.45. The molecule has 0 aromatic rings. The molecular formula is C7H11O2. The van der Waals surface area contributed by atoms with Crippen LogP contribution in [-0.4, -0.2) is 12.6 Å². The summed E-state index contributed by atoms with van der Waals surface area (Å²) in [5.41, 5.74) is -0.351. The van der Waals surface area contributed by atoms with Crippen LogP contribution in [0, 0.1) is 12.3 Å². The Morgan fingerprint density at radius 2 is 2.33 bits per heavy atom. The molecule has 1 radical (unpaired) electrons. The van der Waals surface area contributed by atoms with Crippen molar-refractivity contribution in [3.63, 3.8) is 0 Å².